The molecule has 4 heteroatoms. The minimum Gasteiger partial charge on any atom is -0.478 e. The summed E-state index contributed by atoms with van der Waals surface area (Å²) in [7, 11) is 0. The van der Waals surface area contributed by atoms with Gasteiger partial charge in [0.1, 0.15) is 0 Å². The van der Waals surface area contributed by atoms with Crippen LogP contribution in [-0.2, 0) is 6.54 Å². The van der Waals surface area contributed by atoms with Crippen molar-refractivity contribution >= 4 is 28.3 Å². The number of hydrogen-bond donors (Lipinski definition) is 1. The molecular weight excluding hydrogens is 339 g/mol. The van der Waals surface area contributed by atoms with Crippen LogP contribution in [0.15, 0.2) is 42.6 Å². The molecule has 1 aromatic carbocycles. The van der Waals surface area contributed by atoms with Crippen molar-refractivity contribution in [1.82, 2.24) is 4.98 Å². The first-order chi connectivity index (χ1) is 8.78. The molecule has 0 aliphatic heterocycles. The summed E-state index contributed by atoms with van der Waals surface area (Å²) in [6, 6.07) is 12.3. The molecule has 0 saturated heterocycles. The summed E-state index contributed by atoms with van der Waals surface area (Å²) in [5, 5.41) is 3.33. The Bertz CT molecular complexity index is 482. The normalized spacial score (nSPS) is 10.1. The highest BCUT2D eigenvalue weighted by Gasteiger charge is 1.97. The number of halogens is 1. The lowest BCUT2D eigenvalue weighted by Gasteiger charge is -2.07. The van der Waals surface area contributed by atoms with Gasteiger partial charge in [-0.15, -0.1) is 0 Å². The molecule has 3 nitrogen and oxygen atoms in total. The van der Waals surface area contributed by atoms with Gasteiger partial charge in [-0.2, -0.15) is 0 Å². The van der Waals surface area contributed by atoms with Gasteiger partial charge in [-0.3, -0.25) is 0 Å². The second-order valence-electron chi connectivity index (χ2n) is 3.80. The molecule has 0 bridgehead atoms. The number of ether oxygens (including phenoxy) is 1. The van der Waals surface area contributed by atoms with E-state index in [1.807, 2.05) is 19.1 Å². The molecule has 0 radical (unpaired) electrons. The number of pyridine rings is 1. The summed E-state index contributed by atoms with van der Waals surface area (Å²) >= 11 is 2.30. The predicted octanol–water partition coefficient (Wildman–Crippen LogP) is 3.70. The topological polar surface area (TPSA) is 34.1 Å². The largest absolute Gasteiger partial charge is 0.478 e. The molecule has 2 aromatic rings. The number of hydrogen-bond acceptors (Lipinski definition) is 3. The molecule has 94 valence electrons. The molecule has 2 rings (SSSR count). The van der Waals surface area contributed by atoms with E-state index in [-0.39, 0.29) is 0 Å². The van der Waals surface area contributed by atoms with E-state index >= 15 is 0 Å². The van der Waals surface area contributed by atoms with E-state index in [0.29, 0.717) is 12.5 Å². The van der Waals surface area contributed by atoms with Crippen molar-refractivity contribution in [3.05, 3.63) is 51.7 Å². The van der Waals surface area contributed by atoms with E-state index in [4.69, 9.17) is 4.74 Å². The zero-order valence-electron chi connectivity index (χ0n) is 10.2. The molecule has 0 aliphatic rings. The summed E-state index contributed by atoms with van der Waals surface area (Å²) in [5.74, 6) is 0.664. The quantitative estimate of drug-likeness (QED) is 0.832. The smallest absolute Gasteiger partial charge is 0.213 e. The maximum absolute atomic E-state index is 5.30. The van der Waals surface area contributed by atoms with Gasteiger partial charge in [0, 0.05) is 16.2 Å². The molecule has 0 unspecified atom stereocenters. The molecule has 0 saturated carbocycles. The van der Waals surface area contributed by atoms with Gasteiger partial charge in [0.2, 0.25) is 5.88 Å². The highest BCUT2D eigenvalue weighted by Crippen LogP contribution is 2.13. The van der Waals surface area contributed by atoms with Crippen LogP contribution in [0.4, 0.5) is 5.69 Å². The highest BCUT2D eigenvalue weighted by molar-refractivity contribution is 14.1. The molecule has 0 spiro atoms. The van der Waals surface area contributed by atoms with E-state index < -0.39 is 0 Å². The number of benzene rings is 1. The Hall–Kier alpha value is -1.30. The van der Waals surface area contributed by atoms with Gasteiger partial charge >= 0.3 is 0 Å². The van der Waals surface area contributed by atoms with Crippen LogP contribution in [0.25, 0.3) is 0 Å². The van der Waals surface area contributed by atoms with Crippen molar-refractivity contribution in [3.63, 3.8) is 0 Å². The van der Waals surface area contributed by atoms with Crippen molar-refractivity contribution < 1.29 is 4.74 Å². The van der Waals surface area contributed by atoms with Gasteiger partial charge in [-0.1, -0.05) is 12.1 Å². The first-order valence-electron chi connectivity index (χ1n) is 5.85. The zero-order valence-corrected chi connectivity index (χ0v) is 12.3. The van der Waals surface area contributed by atoms with Crippen molar-refractivity contribution in [1.29, 1.82) is 0 Å². The first-order valence-corrected chi connectivity index (χ1v) is 6.93. The van der Waals surface area contributed by atoms with Crippen LogP contribution in [0.3, 0.4) is 0 Å². The second kappa shape index (κ2) is 6.58. The number of nitrogens with zero attached hydrogens (tertiary/aromatic N) is 1. The van der Waals surface area contributed by atoms with E-state index in [0.717, 1.165) is 12.2 Å². The fourth-order valence-electron chi connectivity index (χ4n) is 1.52. The summed E-state index contributed by atoms with van der Waals surface area (Å²) in [6.45, 7) is 3.39. The molecule has 0 atom stereocenters. The van der Waals surface area contributed by atoms with Gasteiger partial charge in [0.15, 0.2) is 0 Å². The Labute approximate surface area is 121 Å². The lowest BCUT2D eigenvalue weighted by Crippen LogP contribution is -2.00. The summed E-state index contributed by atoms with van der Waals surface area (Å²) in [5.41, 5.74) is 2.25. The summed E-state index contributed by atoms with van der Waals surface area (Å²) in [4.78, 5) is 4.21. The van der Waals surface area contributed by atoms with E-state index in [1.165, 1.54) is 9.13 Å². The molecule has 1 N–H and O–H groups in total. The summed E-state index contributed by atoms with van der Waals surface area (Å²) in [6.07, 6.45) is 1.79. The molecule has 1 heterocycles. The van der Waals surface area contributed by atoms with Crippen molar-refractivity contribution in [3.8, 4) is 5.88 Å². The van der Waals surface area contributed by atoms with Crippen LogP contribution in [0.2, 0.25) is 0 Å². The van der Waals surface area contributed by atoms with Crippen molar-refractivity contribution in [2.75, 3.05) is 11.9 Å². The zero-order chi connectivity index (χ0) is 12.8. The second-order valence-corrected chi connectivity index (χ2v) is 5.04. The number of anilines is 1. The first kappa shape index (κ1) is 13.1. The number of nitrogens with one attached hydrogen (secondary N) is 1. The Morgan fingerprint density at radius 2 is 1.94 bits per heavy atom. The fourth-order valence-corrected chi connectivity index (χ4v) is 1.88. The third-order valence-electron chi connectivity index (χ3n) is 2.44. The van der Waals surface area contributed by atoms with Gasteiger partial charge in [-0.05, 0) is 53.3 Å². The Morgan fingerprint density at radius 1 is 1.17 bits per heavy atom. The number of rotatable bonds is 5. The Kier molecular flexibility index (Phi) is 4.81. The third kappa shape index (κ3) is 3.87. The van der Waals surface area contributed by atoms with E-state index in [1.54, 1.807) is 6.20 Å². The van der Waals surface area contributed by atoms with Gasteiger partial charge < -0.3 is 10.1 Å². The summed E-state index contributed by atoms with van der Waals surface area (Å²) < 4.78 is 6.55. The van der Waals surface area contributed by atoms with Gasteiger partial charge in [-0.25, -0.2) is 4.98 Å². The Morgan fingerprint density at radius 3 is 2.56 bits per heavy atom. The molecule has 0 amide bonds. The van der Waals surface area contributed by atoms with Crippen molar-refractivity contribution in [2.24, 2.45) is 0 Å². The minimum atomic E-state index is 0.641. The van der Waals surface area contributed by atoms with Crippen LogP contribution in [-0.4, -0.2) is 11.6 Å². The maximum Gasteiger partial charge on any atom is 0.213 e. The van der Waals surface area contributed by atoms with Crippen LogP contribution >= 0.6 is 22.6 Å². The minimum absolute atomic E-state index is 0.641. The van der Waals surface area contributed by atoms with Gasteiger partial charge in [0.05, 0.1) is 18.5 Å². The molecule has 0 fully saturated rings. The number of aromatic nitrogens is 1. The van der Waals surface area contributed by atoms with E-state index in [2.05, 4.69) is 57.2 Å². The lowest BCUT2D eigenvalue weighted by atomic mass is 10.2. The predicted molar refractivity (Wildman–Crippen MR) is 81.9 cm³/mol. The maximum atomic E-state index is 5.30. The van der Waals surface area contributed by atoms with Crippen LogP contribution in [0.1, 0.15) is 12.5 Å². The van der Waals surface area contributed by atoms with E-state index in [9.17, 15) is 0 Å². The Balaban J connectivity index is 1.91. The van der Waals surface area contributed by atoms with Crippen LogP contribution < -0.4 is 10.1 Å². The molecule has 18 heavy (non-hydrogen) atoms. The van der Waals surface area contributed by atoms with Crippen LogP contribution in [0, 0.1) is 3.57 Å². The standard InChI is InChI=1S/C14H15IN2O/c1-2-18-14-8-7-13(10-17-14)16-9-11-3-5-12(15)6-4-11/h3-8,10,16H,2,9H2,1H3. The SMILES string of the molecule is CCOc1ccc(NCc2ccc(I)cc2)cn1. The average Bonchev–Trinajstić information content (AvgIpc) is 2.40. The van der Waals surface area contributed by atoms with Gasteiger partial charge in [0.25, 0.3) is 0 Å². The third-order valence-corrected chi connectivity index (χ3v) is 3.16. The monoisotopic (exact) mass is 354 g/mol. The molecular formula is C14H15IN2O. The lowest BCUT2D eigenvalue weighted by molar-refractivity contribution is 0.327. The van der Waals surface area contributed by atoms with Crippen molar-refractivity contribution in [2.45, 2.75) is 13.5 Å². The highest BCUT2D eigenvalue weighted by atomic mass is 127. The molecule has 1 aromatic heterocycles. The average molecular weight is 354 g/mol. The van der Waals surface area contributed by atoms with Crippen LogP contribution in [0.5, 0.6) is 5.88 Å². The molecule has 0 aliphatic carbocycles. The fraction of sp³-hybridized carbons (Fsp3) is 0.214.